The molecule has 1 aliphatic carbocycles. The van der Waals surface area contributed by atoms with Crippen LogP contribution in [0.4, 0.5) is 0 Å². The average Bonchev–Trinajstić information content (AvgIpc) is 2.45. The third-order valence-corrected chi connectivity index (χ3v) is 4.56. The first-order valence-electron chi connectivity index (χ1n) is 7.05. The number of hydrogen-bond donors (Lipinski definition) is 0. The normalized spacial score (nSPS) is 16.3. The van der Waals surface area contributed by atoms with Gasteiger partial charge in [-0.15, -0.1) is 0 Å². The van der Waals surface area contributed by atoms with Gasteiger partial charge in [0.15, 0.2) is 0 Å². The molecule has 0 heterocycles. The standard InChI is InChI=1S/C17H17BrO3/c1-20-16(19)11-17(7-2-8-17)21-15-6-4-12-9-14(18)5-3-13(12)10-15/h3-6,9-10H,2,7-8,11H2,1H3. The van der Waals surface area contributed by atoms with Crippen molar-refractivity contribution in [3.8, 4) is 5.75 Å². The van der Waals surface area contributed by atoms with Crippen LogP contribution in [0.25, 0.3) is 10.8 Å². The number of ether oxygens (including phenoxy) is 2. The Bertz CT molecular complexity index is 677. The van der Waals surface area contributed by atoms with Crippen molar-refractivity contribution in [2.45, 2.75) is 31.3 Å². The molecule has 21 heavy (non-hydrogen) atoms. The molecule has 1 fully saturated rings. The van der Waals surface area contributed by atoms with E-state index in [1.165, 1.54) is 7.11 Å². The van der Waals surface area contributed by atoms with Crippen molar-refractivity contribution in [2.24, 2.45) is 0 Å². The minimum atomic E-state index is -0.379. The highest BCUT2D eigenvalue weighted by Gasteiger charge is 2.41. The number of benzene rings is 2. The quantitative estimate of drug-likeness (QED) is 0.764. The van der Waals surface area contributed by atoms with E-state index in [1.807, 2.05) is 24.3 Å². The molecule has 2 aromatic rings. The summed E-state index contributed by atoms with van der Waals surface area (Å²) in [5.41, 5.74) is -0.379. The fourth-order valence-electron chi connectivity index (χ4n) is 2.73. The number of fused-ring (bicyclic) bond motifs is 1. The third kappa shape index (κ3) is 3.05. The van der Waals surface area contributed by atoms with E-state index in [-0.39, 0.29) is 11.6 Å². The molecule has 0 N–H and O–H groups in total. The van der Waals surface area contributed by atoms with Gasteiger partial charge in [0.25, 0.3) is 0 Å². The largest absolute Gasteiger partial charge is 0.487 e. The average molecular weight is 349 g/mol. The van der Waals surface area contributed by atoms with E-state index >= 15 is 0 Å². The molecule has 3 nitrogen and oxygen atoms in total. The highest BCUT2D eigenvalue weighted by molar-refractivity contribution is 9.10. The molecule has 2 aromatic carbocycles. The van der Waals surface area contributed by atoms with Gasteiger partial charge >= 0.3 is 5.97 Å². The second-order valence-corrected chi connectivity index (χ2v) is 6.46. The van der Waals surface area contributed by atoms with Gasteiger partial charge in [0.2, 0.25) is 0 Å². The summed E-state index contributed by atoms with van der Waals surface area (Å²) in [5, 5.41) is 2.29. The Morgan fingerprint density at radius 1 is 1.19 bits per heavy atom. The van der Waals surface area contributed by atoms with E-state index in [2.05, 4.69) is 28.1 Å². The van der Waals surface area contributed by atoms with Crippen molar-refractivity contribution in [3.05, 3.63) is 40.9 Å². The van der Waals surface area contributed by atoms with Crippen molar-refractivity contribution < 1.29 is 14.3 Å². The van der Waals surface area contributed by atoms with Crippen LogP contribution in [0.15, 0.2) is 40.9 Å². The Labute approximate surface area is 132 Å². The van der Waals surface area contributed by atoms with Crippen molar-refractivity contribution in [1.82, 2.24) is 0 Å². The molecule has 0 amide bonds. The Balaban J connectivity index is 1.83. The highest BCUT2D eigenvalue weighted by Crippen LogP contribution is 2.40. The first-order valence-corrected chi connectivity index (χ1v) is 7.85. The summed E-state index contributed by atoms with van der Waals surface area (Å²) in [6.07, 6.45) is 3.22. The highest BCUT2D eigenvalue weighted by atomic mass is 79.9. The van der Waals surface area contributed by atoms with Gasteiger partial charge < -0.3 is 9.47 Å². The lowest BCUT2D eigenvalue weighted by atomic mass is 9.77. The van der Waals surface area contributed by atoms with Crippen molar-refractivity contribution in [1.29, 1.82) is 0 Å². The van der Waals surface area contributed by atoms with Gasteiger partial charge in [0, 0.05) is 4.47 Å². The Morgan fingerprint density at radius 3 is 2.57 bits per heavy atom. The monoisotopic (exact) mass is 348 g/mol. The Morgan fingerprint density at radius 2 is 1.90 bits per heavy atom. The van der Waals surface area contributed by atoms with Gasteiger partial charge in [-0.1, -0.05) is 28.1 Å². The zero-order valence-electron chi connectivity index (χ0n) is 11.9. The van der Waals surface area contributed by atoms with Crippen LogP contribution in [-0.4, -0.2) is 18.7 Å². The summed E-state index contributed by atoms with van der Waals surface area (Å²) in [7, 11) is 1.42. The van der Waals surface area contributed by atoms with E-state index in [0.717, 1.165) is 40.3 Å². The summed E-state index contributed by atoms with van der Waals surface area (Å²) >= 11 is 3.47. The number of rotatable bonds is 4. The first kappa shape index (κ1) is 14.4. The second-order valence-electron chi connectivity index (χ2n) is 5.54. The molecule has 4 heteroatoms. The van der Waals surface area contributed by atoms with Gasteiger partial charge in [-0.25, -0.2) is 0 Å². The lowest BCUT2D eigenvalue weighted by Crippen LogP contribution is -2.45. The van der Waals surface area contributed by atoms with Crippen LogP contribution in [0.2, 0.25) is 0 Å². The SMILES string of the molecule is COC(=O)CC1(Oc2ccc3cc(Br)ccc3c2)CCC1. The van der Waals surface area contributed by atoms with Crippen LogP contribution in [0.3, 0.4) is 0 Å². The summed E-state index contributed by atoms with van der Waals surface area (Å²) in [4.78, 5) is 11.6. The Hall–Kier alpha value is -1.55. The summed E-state index contributed by atoms with van der Waals surface area (Å²) < 4.78 is 12.0. The molecule has 110 valence electrons. The maximum absolute atomic E-state index is 11.6. The van der Waals surface area contributed by atoms with Crippen LogP contribution < -0.4 is 4.74 Å². The number of methoxy groups -OCH3 is 1. The van der Waals surface area contributed by atoms with Gasteiger partial charge in [-0.05, 0) is 54.3 Å². The maximum atomic E-state index is 11.6. The molecule has 0 atom stereocenters. The van der Waals surface area contributed by atoms with Crippen LogP contribution in [0.5, 0.6) is 5.75 Å². The number of carbonyl (C=O) groups excluding carboxylic acids is 1. The molecule has 0 radical (unpaired) electrons. The zero-order valence-corrected chi connectivity index (χ0v) is 13.5. The molecule has 3 rings (SSSR count). The molecule has 0 aromatic heterocycles. The van der Waals surface area contributed by atoms with Gasteiger partial charge in [-0.2, -0.15) is 0 Å². The van der Waals surface area contributed by atoms with Gasteiger partial charge in [0.1, 0.15) is 11.4 Å². The topological polar surface area (TPSA) is 35.5 Å². The fourth-order valence-corrected chi connectivity index (χ4v) is 3.11. The summed E-state index contributed by atoms with van der Waals surface area (Å²) in [5.74, 6) is 0.604. The Kier molecular flexibility index (Phi) is 3.89. The summed E-state index contributed by atoms with van der Waals surface area (Å²) in [6.45, 7) is 0. The van der Waals surface area contributed by atoms with E-state index in [4.69, 9.17) is 9.47 Å². The van der Waals surface area contributed by atoms with Crippen LogP contribution in [-0.2, 0) is 9.53 Å². The molecule has 0 spiro atoms. The molecule has 0 saturated heterocycles. The van der Waals surface area contributed by atoms with Crippen LogP contribution in [0.1, 0.15) is 25.7 Å². The predicted octanol–water partition coefficient (Wildman–Crippen LogP) is 4.47. The number of halogens is 1. The molecular weight excluding hydrogens is 332 g/mol. The van der Waals surface area contributed by atoms with Crippen molar-refractivity contribution in [3.63, 3.8) is 0 Å². The zero-order chi connectivity index (χ0) is 14.9. The third-order valence-electron chi connectivity index (χ3n) is 4.07. The summed E-state index contributed by atoms with van der Waals surface area (Å²) in [6, 6.07) is 12.2. The molecule has 0 unspecified atom stereocenters. The van der Waals surface area contributed by atoms with E-state index < -0.39 is 0 Å². The lowest BCUT2D eigenvalue weighted by Gasteiger charge is -2.41. The number of carbonyl (C=O) groups is 1. The fraction of sp³-hybridized carbons (Fsp3) is 0.353. The first-order chi connectivity index (χ1) is 10.1. The number of esters is 1. The van der Waals surface area contributed by atoms with Crippen molar-refractivity contribution in [2.75, 3.05) is 7.11 Å². The van der Waals surface area contributed by atoms with E-state index in [0.29, 0.717) is 6.42 Å². The minimum absolute atomic E-state index is 0.209. The lowest BCUT2D eigenvalue weighted by molar-refractivity contribution is -0.148. The molecule has 1 saturated carbocycles. The number of hydrogen-bond acceptors (Lipinski definition) is 3. The maximum Gasteiger partial charge on any atom is 0.309 e. The van der Waals surface area contributed by atoms with Crippen LogP contribution >= 0.6 is 15.9 Å². The molecule has 0 aliphatic heterocycles. The molecular formula is C17H17BrO3. The van der Waals surface area contributed by atoms with E-state index in [1.54, 1.807) is 0 Å². The second kappa shape index (κ2) is 5.68. The predicted molar refractivity (Wildman–Crippen MR) is 85.5 cm³/mol. The van der Waals surface area contributed by atoms with Gasteiger partial charge in [0.05, 0.1) is 13.5 Å². The molecule has 0 bridgehead atoms. The van der Waals surface area contributed by atoms with Crippen molar-refractivity contribution >= 4 is 32.7 Å². The minimum Gasteiger partial charge on any atom is -0.487 e. The smallest absolute Gasteiger partial charge is 0.309 e. The molecule has 1 aliphatic rings. The van der Waals surface area contributed by atoms with Gasteiger partial charge in [-0.3, -0.25) is 4.79 Å². The van der Waals surface area contributed by atoms with E-state index in [9.17, 15) is 4.79 Å². The van der Waals surface area contributed by atoms with Crippen LogP contribution in [0, 0.1) is 0 Å².